The largest absolute Gasteiger partial charge is 0.301 e. The summed E-state index contributed by atoms with van der Waals surface area (Å²) in [6, 6.07) is 31.9. The molecule has 35 heavy (non-hydrogen) atoms. The highest BCUT2D eigenvalue weighted by atomic mass is 15.5. The van der Waals surface area contributed by atoms with E-state index < -0.39 is 0 Å². The number of benzene rings is 3. The second-order valence-corrected chi connectivity index (χ2v) is 9.33. The van der Waals surface area contributed by atoms with Crippen molar-refractivity contribution in [3.05, 3.63) is 114 Å². The van der Waals surface area contributed by atoms with Crippen LogP contribution in [0.1, 0.15) is 41.3 Å². The van der Waals surface area contributed by atoms with Crippen molar-refractivity contribution in [2.45, 2.75) is 31.8 Å². The van der Waals surface area contributed by atoms with Gasteiger partial charge in [-0.2, -0.15) is 0 Å². The number of aryl methyl sites for hydroxylation is 1. The Kier molecular flexibility index (Phi) is 7.93. The van der Waals surface area contributed by atoms with Crippen molar-refractivity contribution in [2.24, 2.45) is 0 Å². The molecule has 6 heteroatoms. The molecule has 0 radical (unpaired) electrons. The molecule has 0 aliphatic carbocycles. The first kappa shape index (κ1) is 23.4. The summed E-state index contributed by atoms with van der Waals surface area (Å²) in [6.07, 6.45) is 2.22. The van der Waals surface area contributed by atoms with Crippen molar-refractivity contribution in [1.82, 2.24) is 30.0 Å². The fourth-order valence-electron chi connectivity index (χ4n) is 4.97. The Morgan fingerprint density at radius 2 is 1.17 bits per heavy atom. The minimum Gasteiger partial charge on any atom is -0.301 e. The van der Waals surface area contributed by atoms with Crippen LogP contribution in [0.25, 0.3) is 0 Å². The molecule has 1 saturated heterocycles. The zero-order valence-electron chi connectivity index (χ0n) is 20.3. The first-order valence-electron chi connectivity index (χ1n) is 12.7. The fraction of sp³-hybridized carbons (Fsp3) is 0.345. The van der Waals surface area contributed by atoms with Gasteiger partial charge in [-0.1, -0.05) is 91.0 Å². The van der Waals surface area contributed by atoms with Crippen molar-refractivity contribution in [2.75, 3.05) is 32.7 Å². The van der Waals surface area contributed by atoms with Crippen LogP contribution in [0.15, 0.2) is 91.0 Å². The first-order valence-corrected chi connectivity index (χ1v) is 12.7. The van der Waals surface area contributed by atoms with Gasteiger partial charge in [0, 0.05) is 39.3 Å². The zero-order valence-corrected chi connectivity index (χ0v) is 20.3. The average Bonchev–Trinajstić information content (AvgIpc) is 3.37. The Labute approximate surface area is 208 Å². The highest BCUT2D eigenvalue weighted by Crippen LogP contribution is 2.30. The fourth-order valence-corrected chi connectivity index (χ4v) is 4.97. The van der Waals surface area contributed by atoms with Gasteiger partial charge in [0.2, 0.25) is 0 Å². The number of hydrogen-bond donors (Lipinski definition) is 0. The molecule has 0 atom stereocenters. The maximum absolute atomic E-state index is 4.47. The van der Waals surface area contributed by atoms with Gasteiger partial charge < -0.3 is 4.90 Å². The lowest BCUT2D eigenvalue weighted by molar-refractivity contribution is 0.125. The van der Waals surface area contributed by atoms with Crippen LogP contribution in [0.2, 0.25) is 0 Å². The van der Waals surface area contributed by atoms with Crippen LogP contribution >= 0.6 is 0 Å². The van der Waals surface area contributed by atoms with E-state index in [9.17, 15) is 0 Å². The van der Waals surface area contributed by atoms with Crippen molar-refractivity contribution < 1.29 is 0 Å². The summed E-state index contributed by atoms with van der Waals surface area (Å²) in [7, 11) is 0. The molecule has 180 valence electrons. The first-order chi connectivity index (χ1) is 17.4. The van der Waals surface area contributed by atoms with Crippen molar-refractivity contribution in [3.8, 4) is 0 Å². The average molecular weight is 467 g/mol. The van der Waals surface area contributed by atoms with E-state index in [1.165, 1.54) is 16.7 Å². The molecule has 0 N–H and O–H groups in total. The van der Waals surface area contributed by atoms with E-state index in [4.69, 9.17) is 0 Å². The van der Waals surface area contributed by atoms with Gasteiger partial charge in [-0.15, -0.1) is 5.10 Å². The Bertz CT molecular complexity index is 1100. The van der Waals surface area contributed by atoms with Gasteiger partial charge in [0.1, 0.15) is 0 Å². The molecule has 1 aromatic heterocycles. The summed E-state index contributed by atoms with van der Waals surface area (Å²) in [5, 5.41) is 12.9. The summed E-state index contributed by atoms with van der Waals surface area (Å²) in [5.41, 5.74) is 3.83. The topological polar surface area (TPSA) is 50.1 Å². The van der Waals surface area contributed by atoms with Crippen LogP contribution in [-0.4, -0.2) is 62.7 Å². The molecule has 1 fully saturated rings. The third-order valence-electron chi connectivity index (χ3n) is 6.89. The molecule has 2 heterocycles. The van der Waals surface area contributed by atoms with Crippen molar-refractivity contribution in [3.63, 3.8) is 0 Å². The van der Waals surface area contributed by atoms with Gasteiger partial charge in [-0.05, 0) is 46.5 Å². The summed E-state index contributed by atoms with van der Waals surface area (Å²) in [5.74, 6) is 0.946. The number of piperazine rings is 1. The highest BCUT2D eigenvalue weighted by molar-refractivity contribution is 5.37. The maximum atomic E-state index is 4.47. The van der Waals surface area contributed by atoms with Crippen LogP contribution in [0, 0.1) is 0 Å². The van der Waals surface area contributed by atoms with Crippen LogP contribution < -0.4 is 0 Å². The second kappa shape index (κ2) is 11.9. The number of aromatic nitrogens is 4. The highest BCUT2D eigenvalue weighted by Gasteiger charge is 2.23. The van der Waals surface area contributed by atoms with Gasteiger partial charge in [-0.25, -0.2) is 4.68 Å². The second-order valence-electron chi connectivity index (χ2n) is 9.33. The Balaban J connectivity index is 1.13. The quantitative estimate of drug-likeness (QED) is 0.323. The van der Waals surface area contributed by atoms with E-state index >= 15 is 0 Å². The number of tetrazole rings is 1. The minimum atomic E-state index is 0.0325. The standard InChI is InChI=1S/C29H34N6/c1-4-12-25(13-5-1)24-34-22-20-33(21-23-34)18-10-11-19-35-29(30-31-32-35)28(26-14-6-2-7-15-26)27-16-8-3-9-17-27/h1-9,12-17,28H,10-11,18-24H2. The van der Waals surface area contributed by atoms with E-state index in [1.54, 1.807) is 0 Å². The predicted molar refractivity (Wildman–Crippen MR) is 139 cm³/mol. The van der Waals surface area contributed by atoms with Crippen molar-refractivity contribution >= 4 is 0 Å². The van der Waals surface area contributed by atoms with Gasteiger partial charge in [0.15, 0.2) is 5.82 Å². The summed E-state index contributed by atoms with van der Waals surface area (Å²) in [4.78, 5) is 5.16. The minimum absolute atomic E-state index is 0.0325. The molecule has 6 nitrogen and oxygen atoms in total. The van der Waals surface area contributed by atoms with Crippen LogP contribution in [0.3, 0.4) is 0 Å². The Hall–Kier alpha value is -3.35. The monoisotopic (exact) mass is 466 g/mol. The van der Waals surface area contributed by atoms with Gasteiger partial charge in [0.25, 0.3) is 0 Å². The predicted octanol–water partition coefficient (Wildman–Crippen LogP) is 4.45. The molecule has 3 aromatic carbocycles. The number of hydrogen-bond acceptors (Lipinski definition) is 5. The van der Waals surface area contributed by atoms with E-state index in [-0.39, 0.29) is 5.92 Å². The van der Waals surface area contributed by atoms with Crippen LogP contribution in [0.5, 0.6) is 0 Å². The van der Waals surface area contributed by atoms with E-state index in [0.717, 1.165) is 64.5 Å². The third-order valence-corrected chi connectivity index (χ3v) is 6.89. The molecule has 4 aromatic rings. The van der Waals surface area contributed by atoms with Crippen LogP contribution in [-0.2, 0) is 13.1 Å². The smallest absolute Gasteiger partial charge is 0.163 e. The molecule has 1 aliphatic heterocycles. The third kappa shape index (κ3) is 6.21. The lowest BCUT2D eigenvalue weighted by Crippen LogP contribution is -2.46. The number of unbranched alkanes of at least 4 members (excludes halogenated alkanes) is 1. The molecule has 0 unspecified atom stereocenters. The molecular formula is C29H34N6. The summed E-state index contributed by atoms with van der Waals surface area (Å²) >= 11 is 0. The zero-order chi connectivity index (χ0) is 23.7. The van der Waals surface area contributed by atoms with Crippen molar-refractivity contribution in [1.29, 1.82) is 0 Å². The van der Waals surface area contributed by atoms with E-state index in [0.29, 0.717) is 0 Å². The molecular weight excluding hydrogens is 432 g/mol. The summed E-state index contributed by atoms with van der Waals surface area (Å²) < 4.78 is 2.00. The summed E-state index contributed by atoms with van der Waals surface area (Å²) in [6.45, 7) is 7.61. The molecule has 0 spiro atoms. The van der Waals surface area contributed by atoms with E-state index in [1.807, 2.05) is 4.68 Å². The Morgan fingerprint density at radius 1 is 0.629 bits per heavy atom. The molecule has 0 bridgehead atoms. The van der Waals surface area contributed by atoms with E-state index in [2.05, 4.69) is 116 Å². The van der Waals surface area contributed by atoms with Gasteiger partial charge in [0.05, 0.1) is 5.92 Å². The lowest BCUT2D eigenvalue weighted by atomic mass is 9.90. The maximum Gasteiger partial charge on any atom is 0.163 e. The molecule has 0 saturated carbocycles. The van der Waals surface area contributed by atoms with Gasteiger partial charge in [-0.3, -0.25) is 4.90 Å². The normalized spacial score (nSPS) is 15.0. The SMILES string of the molecule is c1ccc(CN2CCN(CCCCn3nnnc3C(c3ccccc3)c3ccccc3)CC2)cc1. The van der Waals surface area contributed by atoms with Crippen LogP contribution in [0.4, 0.5) is 0 Å². The molecule has 0 amide bonds. The molecule has 5 rings (SSSR count). The molecule has 1 aliphatic rings. The number of rotatable bonds is 10. The Morgan fingerprint density at radius 3 is 1.80 bits per heavy atom. The number of nitrogens with zero attached hydrogens (tertiary/aromatic N) is 6. The lowest BCUT2D eigenvalue weighted by Gasteiger charge is -2.34. The van der Waals surface area contributed by atoms with Gasteiger partial charge >= 0.3 is 0 Å².